The van der Waals surface area contributed by atoms with Gasteiger partial charge >= 0.3 is 0 Å². The fourth-order valence-corrected chi connectivity index (χ4v) is 8.04. The SMILES string of the molecule is C[Si](C)(C)c1ccc(-c2[c-]ccc3c2oc2cc(F)ccc23)nc1.[2H]C([2H])(c1ccnc(-c2[c-]nc3oc4c(C(C)(C)c5ccccc5)nccc4c3c2)c1)C(C)C.[Ir]. The normalized spacial score (nSPS) is 12.7. The predicted octanol–water partition coefficient (Wildman–Crippen LogP) is 11.9. The summed E-state index contributed by atoms with van der Waals surface area (Å²) in [5.74, 6) is -0.464. The molecule has 6 aromatic heterocycles. The molecule has 0 fully saturated rings. The van der Waals surface area contributed by atoms with Crippen LogP contribution in [0, 0.1) is 24.0 Å². The molecule has 0 bridgehead atoms. The summed E-state index contributed by atoms with van der Waals surface area (Å²) >= 11 is 0. The molecule has 289 valence electrons. The maximum absolute atomic E-state index is 13.5. The maximum Gasteiger partial charge on any atom is 0.145 e. The minimum absolute atomic E-state index is 0. The topological polar surface area (TPSA) is 77.8 Å². The van der Waals surface area contributed by atoms with Crippen LogP contribution in [0.15, 0.2) is 124 Å². The average Bonchev–Trinajstić information content (AvgIpc) is 3.78. The van der Waals surface area contributed by atoms with E-state index in [-0.39, 0.29) is 37.3 Å². The first kappa shape index (κ1) is 37.2. The zero-order valence-corrected chi connectivity index (χ0v) is 36.3. The molecule has 6 nitrogen and oxygen atoms in total. The first-order valence-electron chi connectivity index (χ1n) is 19.7. The van der Waals surface area contributed by atoms with E-state index in [0.29, 0.717) is 39.3 Å². The van der Waals surface area contributed by atoms with Crippen LogP contribution in [0.4, 0.5) is 4.39 Å². The molecule has 6 heterocycles. The standard InChI is InChI=1S/C28H26N3O.C20H17FNOSi.Ir/c1-18(2)14-19-10-12-29-24(15-19)20-16-23-22-11-13-30-26(25(22)32-27(23)31-17-20)28(3,4)21-8-6-5-7-9-21;1-24(2,3)14-8-10-18(22-12-14)17-6-4-5-16-15-9-7-13(21)11-19(15)23-20(16)17;/h5-13,15-16,18H,14H2,1-4H3;4-5,7-12H,1-3H3;/q2*-1;/i14D2;;. The second-order valence-corrected chi connectivity index (χ2v) is 21.0. The molecule has 3 aromatic carbocycles. The van der Waals surface area contributed by atoms with E-state index >= 15 is 0 Å². The van der Waals surface area contributed by atoms with Gasteiger partial charge in [-0.15, -0.1) is 29.8 Å². The van der Waals surface area contributed by atoms with Crippen LogP contribution in [-0.4, -0.2) is 28.0 Å². The molecule has 9 aromatic rings. The molecule has 9 rings (SSSR count). The molecule has 9 heteroatoms. The number of hydrogen-bond donors (Lipinski definition) is 0. The Morgan fingerprint density at radius 2 is 1.56 bits per heavy atom. The smallest absolute Gasteiger partial charge is 0.145 e. The molecular weight excluding hydrogens is 904 g/mol. The Morgan fingerprint density at radius 3 is 2.30 bits per heavy atom. The van der Waals surface area contributed by atoms with Gasteiger partial charge in [0.2, 0.25) is 0 Å². The van der Waals surface area contributed by atoms with E-state index in [9.17, 15) is 4.39 Å². The van der Waals surface area contributed by atoms with Crippen molar-refractivity contribution in [3.8, 4) is 22.5 Å². The van der Waals surface area contributed by atoms with Crippen molar-refractivity contribution in [3.05, 3.63) is 151 Å². The van der Waals surface area contributed by atoms with Crippen LogP contribution < -0.4 is 5.19 Å². The van der Waals surface area contributed by atoms with Gasteiger partial charge in [-0.1, -0.05) is 112 Å². The Bertz CT molecular complexity index is 2940. The third-order valence-electron chi connectivity index (χ3n) is 10.0. The monoisotopic (exact) mass is 949 g/mol. The summed E-state index contributed by atoms with van der Waals surface area (Å²) in [6.07, 6.45) is 6.98. The molecule has 57 heavy (non-hydrogen) atoms. The van der Waals surface area contributed by atoms with Gasteiger partial charge in [-0.05, 0) is 70.3 Å². The molecule has 0 aliphatic rings. The summed E-state index contributed by atoms with van der Waals surface area (Å²) in [7, 11) is -1.38. The van der Waals surface area contributed by atoms with Crippen LogP contribution in [0.2, 0.25) is 19.6 Å². The molecule has 0 aliphatic carbocycles. The number of benzene rings is 3. The first-order chi connectivity index (χ1) is 27.6. The van der Waals surface area contributed by atoms with Crippen molar-refractivity contribution in [1.29, 1.82) is 0 Å². The van der Waals surface area contributed by atoms with E-state index in [1.54, 1.807) is 24.4 Å². The van der Waals surface area contributed by atoms with Crippen molar-refractivity contribution in [3.63, 3.8) is 0 Å². The summed E-state index contributed by atoms with van der Waals surface area (Å²) in [5, 5.41) is 4.95. The Balaban J connectivity index is 0.000000186. The third kappa shape index (κ3) is 7.97. The maximum atomic E-state index is 13.5. The fourth-order valence-electron chi connectivity index (χ4n) is 7.00. The number of furan rings is 2. The average molecular weight is 949 g/mol. The Labute approximate surface area is 349 Å². The van der Waals surface area contributed by atoms with Gasteiger partial charge in [-0.25, -0.2) is 4.39 Å². The summed E-state index contributed by atoms with van der Waals surface area (Å²) in [6, 6.07) is 33.5. The fraction of sp³-hybridized carbons (Fsp3) is 0.208. The molecule has 0 spiro atoms. The van der Waals surface area contributed by atoms with Crippen LogP contribution in [-0.2, 0) is 31.9 Å². The number of hydrogen-bond acceptors (Lipinski definition) is 6. The van der Waals surface area contributed by atoms with Gasteiger partial charge in [-0.2, -0.15) is 0 Å². The largest absolute Gasteiger partial charge is 0.500 e. The van der Waals surface area contributed by atoms with Gasteiger partial charge in [0.25, 0.3) is 0 Å². The van der Waals surface area contributed by atoms with E-state index < -0.39 is 14.4 Å². The first-order valence-corrected chi connectivity index (χ1v) is 22.2. The van der Waals surface area contributed by atoms with Crippen molar-refractivity contribution in [2.24, 2.45) is 5.92 Å². The molecule has 0 aliphatic heterocycles. The second kappa shape index (κ2) is 15.9. The van der Waals surface area contributed by atoms with E-state index in [2.05, 4.69) is 78.9 Å². The van der Waals surface area contributed by atoms with Crippen molar-refractivity contribution < 1.29 is 36.1 Å². The van der Waals surface area contributed by atoms with Gasteiger partial charge in [-0.3, -0.25) is 4.98 Å². The van der Waals surface area contributed by atoms with Crippen molar-refractivity contribution >= 4 is 57.3 Å². The van der Waals surface area contributed by atoms with E-state index in [1.165, 1.54) is 17.3 Å². The van der Waals surface area contributed by atoms with Crippen LogP contribution in [0.5, 0.6) is 0 Å². The van der Waals surface area contributed by atoms with Crippen LogP contribution in [0.1, 0.15) is 47.3 Å². The number of nitrogens with zero attached hydrogens (tertiary/aromatic N) is 4. The number of fused-ring (bicyclic) bond motifs is 6. The minimum Gasteiger partial charge on any atom is -0.500 e. The van der Waals surface area contributed by atoms with Gasteiger partial charge in [0.05, 0.1) is 19.4 Å². The molecule has 0 saturated heterocycles. The number of pyridine rings is 4. The minimum atomic E-state index is -1.46. The van der Waals surface area contributed by atoms with Gasteiger partial charge in [0, 0.05) is 63.7 Å². The Hall–Kier alpha value is -5.34. The second-order valence-electron chi connectivity index (χ2n) is 15.9. The van der Waals surface area contributed by atoms with Crippen molar-refractivity contribution in [2.45, 2.75) is 59.1 Å². The van der Waals surface area contributed by atoms with Crippen LogP contribution in [0.3, 0.4) is 0 Å². The van der Waals surface area contributed by atoms with Gasteiger partial charge in [0.15, 0.2) is 0 Å². The molecule has 1 radical (unpaired) electrons. The zero-order chi connectivity index (χ0) is 41.0. The van der Waals surface area contributed by atoms with Crippen molar-refractivity contribution in [1.82, 2.24) is 19.9 Å². The van der Waals surface area contributed by atoms with Crippen LogP contribution in [0.25, 0.3) is 66.5 Å². The quantitative estimate of drug-likeness (QED) is 0.117. The Kier molecular flexibility index (Phi) is 10.4. The zero-order valence-electron chi connectivity index (χ0n) is 34.9. The molecule has 0 N–H and O–H groups in total. The summed E-state index contributed by atoms with van der Waals surface area (Å²) in [6.45, 7) is 14.9. The molecule has 0 atom stereocenters. The van der Waals surface area contributed by atoms with Gasteiger partial charge in [0.1, 0.15) is 22.7 Å². The number of rotatable bonds is 7. The van der Waals surface area contributed by atoms with E-state index in [1.807, 2.05) is 74.8 Å². The van der Waals surface area contributed by atoms with Crippen molar-refractivity contribution in [2.75, 3.05) is 0 Å². The Morgan fingerprint density at radius 1 is 0.789 bits per heavy atom. The number of aromatic nitrogens is 4. The third-order valence-corrected chi connectivity index (χ3v) is 12.1. The molecule has 0 saturated carbocycles. The van der Waals surface area contributed by atoms with E-state index in [4.69, 9.17) is 16.6 Å². The summed E-state index contributed by atoms with van der Waals surface area (Å²) < 4.78 is 42.5. The summed E-state index contributed by atoms with van der Waals surface area (Å²) in [4.78, 5) is 18.3. The molecule has 0 unspecified atom stereocenters. The molecular formula is C48H43FIrN4O2Si-2. The molecule has 0 amide bonds. The van der Waals surface area contributed by atoms with E-state index in [0.717, 1.165) is 44.1 Å². The summed E-state index contributed by atoms with van der Waals surface area (Å²) in [5.41, 5.74) is 7.63. The number of halogens is 1. The van der Waals surface area contributed by atoms with Gasteiger partial charge < -0.3 is 23.8 Å². The van der Waals surface area contributed by atoms with Crippen LogP contribution >= 0.6 is 0 Å². The predicted molar refractivity (Wildman–Crippen MR) is 227 cm³/mol.